The van der Waals surface area contributed by atoms with Crippen molar-refractivity contribution in [3.05, 3.63) is 23.3 Å². The minimum atomic E-state index is -0.184. The molecular formula is C27H44O2. The molecule has 2 heteroatoms. The van der Waals surface area contributed by atoms with Crippen molar-refractivity contribution in [3.63, 3.8) is 0 Å². The number of rotatable bonds is 4. The van der Waals surface area contributed by atoms with Crippen molar-refractivity contribution >= 4 is 0 Å². The van der Waals surface area contributed by atoms with Crippen molar-refractivity contribution in [2.45, 2.75) is 105 Å². The van der Waals surface area contributed by atoms with E-state index in [0.717, 1.165) is 49.9 Å². The van der Waals surface area contributed by atoms with Crippen LogP contribution in [0.2, 0.25) is 0 Å². The molecule has 0 aromatic carbocycles. The van der Waals surface area contributed by atoms with Crippen molar-refractivity contribution < 1.29 is 10.2 Å². The van der Waals surface area contributed by atoms with Crippen LogP contribution < -0.4 is 0 Å². The first-order chi connectivity index (χ1) is 13.7. The van der Waals surface area contributed by atoms with Gasteiger partial charge in [-0.3, -0.25) is 0 Å². The fourth-order valence-electron chi connectivity index (χ4n) is 8.58. The van der Waals surface area contributed by atoms with E-state index in [1.807, 2.05) is 0 Å². The van der Waals surface area contributed by atoms with Gasteiger partial charge < -0.3 is 10.2 Å². The Kier molecular flexibility index (Phi) is 5.84. The van der Waals surface area contributed by atoms with Gasteiger partial charge in [-0.1, -0.05) is 44.1 Å². The Labute approximate surface area is 178 Å². The molecule has 2 N–H and O–H groups in total. The summed E-state index contributed by atoms with van der Waals surface area (Å²) < 4.78 is 0. The Hall–Kier alpha value is -0.600. The Balaban J connectivity index is 1.56. The summed E-state index contributed by atoms with van der Waals surface area (Å²) in [6.07, 6.45) is 14.6. The molecule has 0 bridgehead atoms. The van der Waals surface area contributed by atoms with Crippen LogP contribution in [0.4, 0.5) is 0 Å². The maximum atomic E-state index is 11.5. The van der Waals surface area contributed by atoms with E-state index >= 15 is 0 Å². The topological polar surface area (TPSA) is 40.5 Å². The highest BCUT2D eigenvalue weighted by Gasteiger charge is 2.61. The lowest BCUT2D eigenvalue weighted by molar-refractivity contribution is -0.129. The van der Waals surface area contributed by atoms with E-state index in [-0.39, 0.29) is 17.6 Å². The largest absolute Gasteiger partial charge is 0.393 e. The molecule has 3 fully saturated rings. The zero-order valence-electron chi connectivity index (χ0n) is 19.5. The van der Waals surface area contributed by atoms with Gasteiger partial charge in [0.25, 0.3) is 0 Å². The summed E-state index contributed by atoms with van der Waals surface area (Å²) in [5, 5.41) is 21.7. The molecule has 0 spiro atoms. The van der Waals surface area contributed by atoms with E-state index in [2.05, 4.69) is 46.8 Å². The number of aliphatic hydroxyl groups is 2. The molecule has 0 aliphatic heterocycles. The third kappa shape index (κ3) is 3.57. The van der Waals surface area contributed by atoms with Crippen LogP contribution in [-0.4, -0.2) is 22.4 Å². The van der Waals surface area contributed by atoms with Crippen LogP contribution in [0, 0.1) is 40.4 Å². The second-order valence-electron chi connectivity index (χ2n) is 11.9. The first-order valence-corrected chi connectivity index (χ1v) is 12.4. The van der Waals surface area contributed by atoms with Gasteiger partial charge in [-0.2, -0.15) is 0 Å². The summed E-state index contributed by atoms with van der Waals surface area (Å²) in [5.74, 6) is 3.27. The molecule has 0 saturated heterocycles. The molecule has 4 aliphatic carbocycles. The van der Waals surface area contributed by atoms with Crippen LogP contribution in [0.1, 0.15) is 92.4 Å². The minimum absolute atomic E-state index is 0.107. The molecule has 0 unspecified atom stereocenters. The Bertz CT molecular complexity index is 674. The highest BCUT2D eigenvalue weighted by molar-refractivity contribution is 5.26. The number of aliphatic hydroxyl groups excluding tert-OH is 2. The standard InChI is InChI=1S/C27H44O2/c1-17(2)7-6-8-18(3)22-11-12-23-21-10-9-19-15-20(28)13-14-26(19,4)25(21)24(29)16-27(22,23)5/h7,9,18,20-25,28-29H,6,8,10-16H2,1-5H3/t18-,20-,21+,22-,23+,24+,25-,26+,27-/m1/s1. The molecule has 0 radical (unpaired) electrons. The lowest BCUT2D eigenvalue weighted by Gasteiger charge is -2.60. The zero-order valence-corrected chi connectivity index (χ0v) is 19.5. The van der Waals surface area contributed by atoms with Crippen molar-refractivity contribution in [1.82, 2.24) is 0 Å². The summed E-state index contributed by atoms with van der Waals surface area (Å²) in [6, 6.07) is 0. The monoisotopic (exact) mass is 400 g/mol. The molecule has 9 atom stereocenters. The van der Waals surface area contributed by atoms with Crippen molar-refractivity contribution in [2.24, 2.45) is 40.4 Å². The number of hydrogen-bond acceptors (Lipinski definition) is 2. The Morgan fingerprint density at radius 2 is 1.97 bits per heavy atom. The smallest absolute Gasteiger partial charge is 0.0585 e. The molecule has 4 rings (SSSR count). The predicted octanol–water partition coefficient (Wildman–Crippen LogP) is 6.28. The van der Waals surface area contributed by atoms with E-state index in [1.54, 1.807) is 0 Å². The average Bonchev–Trinajstić information content (AvgIpc) is 2.98. The molecule has 3 saturated carbocycles. The third-order valence-corrected chi connectivity index (χ3v) is 9.94. The van der Waals surface area contributed by atoms with Gasteiger partial charge in [-0.05, 0) is 112 Å². The summed E-state index contributed by atoms with van der Waals surface area (Å²) >= 11 is 0. The molecule has 29 heavy (non-hydrogen) atoms. The zero-order chi connectivity index (χ0) is 21.0. The SMILES string of the molecule is CC(C)=CCC[C@@H](C)[C@H]1CC[C@H]2[C@@H]3CC=C4C[C@H](O)CC[C@]4(C)[C@H]3[C@@H](O)C[C@]12C. The van der Waals surface area contributed by atoms with Gasteiger partial charge in [0.05, 0.1) is 12.2 Å². The molecule has 4 aliphatic rings. The van der Waals surface area contributed by atoms with Crippen LogP contribution in [0.3, 0.4) is 0 Å². The van der Waals surface area contributed by atoms with Gasteiger partial charge in [0.15, 0.2) is 0 Å². The molecular weight excluding hydrogens is 356 g/mol. The van der Waals surface area contributed by atoms with E-state index in [4.69, 9.17) is 0 Å². The Morgan fingerprint density at radius 1 is 1.21 bits per heavy atom. The quantitative estimate of drug-likeness (QED) is 0.545. The molecule has 0 heterocycles. The van der Waals surface area contributed by atoms with E-state index in [1.165, 1.54) is 36.8 Å². The maximum Gasteiger partial charge on any atom is 0.0585 e. The average molecular weight is 401 g/mol. The van der Waals surface area contributed by atoms with E-state index in [9.17, 15) is 10.2 Å². The van der Waals surface area contributed by atoms with Gasteiger partial charge >= 0.3 is 0 Å². The molecule has 2 nitrogen and oxygen atoms in total. The molecule has 0 aromatic heterocycles. The highest BCUT2D eigenvalue weighted by atomic mass is 16.3. The molecule has 0 aromatic rings. The third-order valence-electron chi connectivity index (χ3n) is 9.94. The Morgan fingerprint density at radius 3 is 2.69 bits per heavy atom. The number of allylic oxidation sites excluding steroid dienone is 3. The van der Waals surface area contributed by atoms with Crippen LogP contribution in [0.15, 0.2) is 23.3 Å². The minimum Gasteiger partial charge on any atom is -0.393 e. The lowest BCUT2D eigenvalue weighted by Crippen LogP contribution is -2.56. The van der Waals surface area contributed by atoms with Crippen molar-refractivity contribution in [3.8, 4) is 0 Å². The number of fused-ring (bicyclic) bond motifs is 5. The van der Waals surface area contributed by atoms with Crippen LogP contribution in [-0.2, 0) is 0 Å². The molecule has 0 amide bonds. The second-order valence-corrected chi connectivity index (χ2v) is 11.9. The van der Waals surface area contributed by atoms with Gasteiger partial charge in [0.1, 0.15) is 0 Å². The second kappa shape index (κ2) is 7.83. The lowest BCUT2D eigenvalue weighted by atomic mass is 9.46. The fraction of sp³-hybridized carbons (Fsp3) is 0.852. The van der Waals surface area contributed by atoms with Crippen molar-refractivity contribution in [1.29, 1.82) is 0 Å². The van der Waals surface area contributed by atoms with Crippen LogP contribution in [0.25, 0.3) is 0 Å². The van der Waals surface area contributed by atoms with Gasteiger partial charge in [-0.15, -0.1) is 0 Å². The molecule has 164 valence electrons. The summed E-state index contributed by atoms with van der Waals surface area (Å²) in [5.41, 5.74) is 3.28. The fourth-order valence-corrected chi connectivity index (χ4v) is 8.58. The van der Waals surface area contributed by atoms with Crippen molar-refractivity contribution in [2.75, 3.05) is 0 Å². The summed E-state index contributed by atoms with van der Waals surface area (Å²) in [6.45, 7) is 11.8. The maximum absolute atomic E-state index is 11.5. The van der Waals surface area contributed by atoms with E-state index < -0.39 is 0 Å². The first-order valence-electron chi connectivity index (χ1n) is 12.4. The highest BCUT2D eigenvalue weighted by Crippen LogP contribution is 2.67. The summed E-state index contributed by atoms with van der Waals surface area (Å²) in [7, 11) is 0. The van der Waals surface area contributed by atoms with Crippen LogP contribution in [0.5, 0.6) is 0 Å². The van der Waals surface area contributed by atoms with Gasteiger partial charge in [0.2, 0.25) is 0 Å². The normalized spacial score (nSPS) is 47.5. The van der Waals surface area contributed by atoms with Crippen LogP contribution >= 0.6 is 0 Å². The van der Waals surface area contributed by atoms with Gasteiger partial charge in [-0.25, -0.2) is 0 Å². The first kappa shape index (κ1) is 21.6. The summed E-state index contributed by atoms with van der Waals surface area (Å²) in [4.78, 5) is 0. The van der Waals surface area contributed by atoms with Gasteiger partial charge in [0, 0.05) is 0 Å². The number of hydrogen-bond donors (Lipinski definition) is 2. The predicted molar refractivity (Wildman–Crippen MR) is 120 cm³/mol. The van der Waals surface area contributed by atoms with E-state index in [0.29, 0.717) is 17.3 Å².